The molecule has 7 nitrogen and oxygen atoms in total. The minimum Gasteiger partial charge on any atom is -0.387 e. The van der Waals surface area contributed by atoms with E-state index in [4.69, 9.17) is 0 Å². The van der Waals surface area contributed by atoms with E-state index in [1.165, 1.54) is 25.2 Å². The topological polar surface area (TPSA) is 101 Å². The number of rotatable bonds is 6. The average molecular weight is 287 g/mol. The van der Waals surface area contributed by atoms with Gasteiger partial charge in [-0.25, -0.2) is 13.1 Å². The molecule has 0 aromatic heterocycles. The second-order valence-electron chi connectivity index (χ2n) is 4.12. The van der Waals surface area contributed by atoms with E-state index in [-0.39, 0.29) is 22.3 Å². The van der Waals surface area contributed by atoms with E-state index in [2.05, 4.69) is 10.0 Å². The van der Waals surface area contributed by atoms with Crippen LogP contribution < -0.4 is 10.0 Å². The van der Waals surface area contributed by atoms with E-state index < -0.39 is 14.9 Å². The van der Waals surface area contributed by atoms with Crippen LogP contribution in [0.25, 0.3) is 0 Å². The van der Waals surface area contributed by atoms with Crippen molar-refractivity contribution in [2.24, 2.45) is 0 Å². The van der Waals surface area contributed by atoms with E-state index in [1.54, 1.807) is 6.92 Å². The van der Waals surface area contributed by atoms with Crippen LogP contribution in [-0.2, 0) is 10.0 Å². The molecule has 0 bridgehead atoms. The van der Waals surface area contributed by atoms with Crippen LogP contribution in [0.4, 0.5) is 11.4 Å². The third-order valence-electron chi connectivity index (χ3n) is 2.70. The average Bonchev–Trinajstić information content (AvgIpc) is 2.37. The van der Waals surface area contributed by atoms with Gasteiger partial charge in [0, 0.05) is 25.2 Å². The highest BCUT2D eigenvalue weighted by molar-refractivity contribution is 7.89. The van der Waals surface area contributed by atoms with Crippen molar-refractivity contribution in [2.45, 2.75) is 31.2 Å². The van der Waals surface area contributed by atoms with Gasteiger partial charge >= 0.3 is 0 Å². The highest BCUT2D eigenvalue weighted by atomic mass is 32.2. The number of nitrogens with one attached hydrogen (secondary N) is 2. The van der Waals surface area contributed by atoms with E-state index in [0.29, 0.717) is 6.42 Å². The molecule has 1 unspecified atom stereocenters. The predicted molar refractivity (Wildman–Crippen MR) is 72.7 cm³/mol. The third kappa shape index (κ3) is 3.65. The van der Waals surface area contributed by atoms with Gasteiger partial charge in [-0.1, -0.05) is 6.92 Å². The summed E-state index contributed by atoms with van der Waals surface area (Å²) in [5.41, 5.74) is 0.0387. The molecule has 1 rings (SSSR count). The van der Waals surface area contributed by atoms with Crippen LogP contribution in [0.5, 0.6) is 0 Å². The van der Waals surface area contributed by atoms with Crippen LogP contribution in [0.15, 0.2) is 23.1 Å². The zero-order valence-corrected chi connectivity index (χ0v) is 11.8. The molecule has 2 N–H and O–H groups in total. The first kappa shape index (κ1) is 15.4. The van der Waals surface area contributed by atoms with Crippen molar-refractivity contribution in [3.8, 4) is 0 Å². The molecular weight excluding hydrogens is 270 g/mol. The first-order valence-corrected chi connectivity index (χ1v) is 7.28. The quantitative estimate of drug-likeness (QED) is 0.612. The maximum Gasteiger partial charge on any atom is 0.271 e. The summed E-state index contributed by atoms with van der Waals surface area (Å²) < 4.78 is 26.8. The summed E-state index contributed by atoms with van der Waals surface area (Å²) in [4.78, 5) is 10.1. The zero-order valence-electron chi connectivity index (χ0n) is 11.0. The molecule has 1 aromatic rings. The monoisotopic (exact) mass is 287 g/mol. The lowest BCUT2D eigenvalue weighted by atomic mass is 10.3. The Labute approximate surface area is 112 Å². The SMILES string of the molecule is CCC(C)NS(=O)(=O)c1ccc([N+](=O)[O-])cc1NC. The van der Waals surface area contributed by atoms with Gasteiger partial charge in [0.1, 0.15) is 4.90 Å². The second kappa shape index (κ2) is 5.98. The number of anilines is 1. The normalized spacial score (nSPS) is 13.0. The van der Waals surface area contributed by atoms with Crippen molar-refractivity contribution in [1.29, 1.82) is 0 Å². The number of sulfonamides is 1. The Morgan fingerprint density at radius 3 is 2.53 bits per heavy atom. The molecule has 1 aromatic carbocycles. The smallest absolute Gasteiger partial charge is 0.271 e. The molecule has 1 atom stereocenters. The van der Waals surface area contributed by atoms with Gasteiger partial charge in [-0.05, 0) is 19.4 Å². The van der Waals surface area contributed by atoms with Crippen LogP contribution in [0.2, 0.25) is 0 Å². The fourth-order valence-corrected chi connectivity index (χ4v) is 2.99. The number of non-ortho nitro benzene ring substituents is 1. The molecule has 0 saturated heterocycles. The molecule has 0 saturated carbocycles. The van der Waals surface area contributed by atoms with Gasteiger partial charge in [-0.15, -0.1) is 0 Å². The highest BCUT2D eigenvalue weighted by Crippen LogP contribution is 2.26. The molecule has 19 heavy (non-hydrogen) atoms. The summed E-state index contributed by atoms with van der Waals surface area (Å²) in [5, 5.41) is 13.3. The molecule has 0 aliphatic carbocycles. The lowest BCUT2D eigenvalue weighted by molar-refractivity contribution is -0.384. The van der Waals surface area contributed by atoms with Crippen molar-refractivity contribution in [1.82, 2.24) is 4.72 Å². The van der Waals surface area contributed by atoms with Crippen LogP contribution >= 0.6 is 0 Å². The molecule has 0 radical (unpaired) electrons. The zero-order chi connectivity index (χ0) is 14.6. The van der Waals surface area contributed by atoms with Crippen molar-refractivity contribution >= 4 is 21.4 Å². The first-order valence-electron chi connectivity index (χ1n) is 5.80. The van der Waals surface area contributed by atoms with E-state index >= 15 is 0 Å². The Kier molecular flexibility index (Phi) is 4.84. The molecular formula is C11H17N3O4S. The van der Waals surface area contributed by atoms with Gasteiger partial charge in [-0.3, -0.25) is 10.1 Å². The Morgan fingerprint density at radius 2 is 2.05 bits per heavy atom. The van der Waals surface area contributed by atoms with Gasteiger partial charge in [-0.2, -0.15) is 0 Å². The van der Waals surface area contributed by atoms with Gasteiger partial charge in [0.05, 0.1) is 10.6 Å². The molecule has 0 heterocycles. The van der Waals surface area contributed by atoms with Gasteiger partial charge < -0.3 is 5.32 Å². The predicted octanol–water partition coefficient (Wildman–Crippen LogP) is 1.71. The minimum atomic E-state index is -3.69. The Balaban J connectivity index is 3.23. The van der Waals surface area contributed by atoms with Gasteiger partial charge in [0.15, 0.2) is 0 Å². The largest absolute Gasteiger partial charge is 0.387 e. The third-order valence-corrected chi connectivity index (χ3v) is 4.35. The molecule has 0 aliphatic rings. The van der Waals surface area contributed by atoms with Crippen molar-refractivity contribution < 1.29 is 13.3 Å². The van der Waals surface area contributed by atoms with Crippen LogP contribution in [0, 0.1) is 10.1 Å². The summed E-state index contributed by atoms with van der Waals surface area (Å²) in [6, 6.07) is 3.40. The number of hydrogen-bond donors (Lipinski definition) is 2. The number of benzene rings is 1. The first-order chi connectivity index (χ1) is 8.81. The lowest BCUT2D eigenvalue weighted by Crippen LogP contribution is -2.32. The summed E-state index contributed by atoms with van der Waals surface area (Å²) >= 11 is 0. The van der Waals surface area contributed by atoms with E-state index in [9.17, 15) is 18.5 Å². The van der Waals surface area contributed by atoms with E-state index in [0.717, 1.165) is 0 Å². The molecule has 0 amide bonds. The van der Waals surface area contributed by atoms with Crippen molar-refractivity contribution in [3.05, 3.63) is 28.3 Å². The highest BCUT2D eigenvalue weighted by Gasteiger charge is 2.22. The van der Waals surface area contributed by atoms with Crippen molar-refractivity contribution in [3.63, 3.8) is 0 Å². The Bertz CT molecular complexity index is 571. The maximum absolute atomic E-state index is 12.1. The summed E-state index contributed by atoms with van der Waals surface area (Å²) in [6.45, 7) is 3.62. The fraction of sp³-hybridized carbons (Fsp3) is 0.455. The summed E-state index contributed by atoms with van der Waals surface area (Å²) in [6.07, 6.45) is 0.654. The number of nitro groups is 1. The molecule has 0 aliphatic heterocycles. The van der Waals surface area contributed by atoms with Crippen LogP contribution in [-0.4, -0.2) is 26.4 Å². The second-order valence-corrected chi connectivity index (χ2v) is 5.80. The fourth-order valence-electron chi connectivity index (χ4n) is 1.47. The summed E-state index contributed by atoms with van der Waals surface area (Å²) in [5.74, 6) is 0. The van der Waals surface area contributed by atoms with E-state index in [1.807, 2.05) is 6.92 Å². The standard InChI is InChI=1S/C11H17N3O4S/c1-4-8(2)13-19(17,18)11-6-5-9(14(15)16)7-10(11)12-3/h5-8,12-13H,4H2,1-3H3. The lowest BCUT2D eigenvalue weighted by Gasteiger charge is -2.14. The van der Waals surface area contributed by atoms with Crippen LogP contribution in [0.3, 0.4) is 0 Å². The number of nitro benzene ring substituents is 1. The Hall–Kier alpha value is -1.67. The van der Waals surface area contributed by atoms with Gasteiger partial charge in [0.2, 0.25) is 10.0 Å². The van der Waals surface area contributed by atoms with Crippen LogP contribution in [0.1, 0.15) is 20.3 Å². The summed E-state index contributed by atoms with van der Waals surface area (Å²) in [7, 11) is -2.18. The number of nitrogens with zero attached hydrogens (tertiary/aromatic N) is 1. The number of hydrogen-bond acceptors (Lipinski definition) is 5. The molecule has 106 valence electrons. The van der Waals surface area contributed by atoms with Crippen molar-refractivity contribution in [2.75, 3.05) is 12.4 Å². The molecule has 8 heteroatoms. The molecule has 0 fully saturated rings. The minimum absolute atomic E-state index is 0.000833. The van der Waals surface area contributed by atoms with Gasteiger partial charge in [0.25, 0.3) is 5.69 Å². The maximum atomic E-state index is 12.1. The Morgan fingerprint density at radius 1 is 1.42 bits per heavy atom. The molecule has 0 spiro atoms.